The van der Waals surface area contributed by atoms with E-state index in [0.717, 1.165) is 22.6 Å². The Morgan fingerprint density at radius 1 is 1.06 bits per heavy atom. The lowest BCUT2D eigenvalue weighted by molar-refractivity contribution is -0.679. The van der Waals surface area contributed by atoms with Crippen molar-refractivity contribution >= 4 is 29.2 Å². The second-order valence-electron chi connectivity index (χ2n) is 7.31. The monoisotopic (exact) mass is 425 g/mol. The van der Waals surface area contributed by atoms with Crippen molar-refractivity contribution in [3.63, 3.8) is 0 Å². The van der Waals surface area contributed by atoms with Crippen molar-refractivity contribution in [1.29, 1.82) is 0 Å². The highest BCUT2D eigenvalue weighted by Crippen LogP contribution is 2.19. The van der Waals surface area contributed by atoms with E-state index >= 15 is 0 Å². The first-order valence-electron chi connectivity index (χ1n) is 10.2. The van der Waals surface area contributed by atoms with E-state index in [0.29, 0.717) is 18.2 Å². The molecule has 0 radical (unpaired) electrons. The van der Waals surface area contributed by atoms with Crippen LogP contribution < -0.4 is 15.3 Å². The van der Waals surface area contributed by atoms with E-state index in [1.807, 2.05) is 90.8 Å². The van der Waals surface area contributed by atoms with Gasteiger partial charge in [-0.2, -0.15) is 5.10 Å². The van der Waals surface area contributed by atoms with E-state index in [1.54, 1.807) is 18.3 Å². The quantitative estimate of drug-likeness (QED) is 0.158. The third kappa shape index (κ3) is 5.23. The SMILES string of the molecule is CN(N=Cc1cc[n+](C)c(Cn2ccnc2N=Nc2ccc(N)cc2)c1)c1ccccc1. The minimum absolute atomic E-state index is 0.532. The predicted octanol–water partition coefficient (Wildman–Crippen LogP) is 4.22. The van der Waals surface area contributed by atoms with Crippen molar-refractivity contribution in [2.75, 3.05) is 17.8 Å². The van der Waals surface area contributed by atoms with Gasteiger partial charge in [0.2, 0.25) is 11.6 Å². The van der Waals surface area contributed by atoms with Crippen LogP contribution in [0.25, 0.3) is 0 Å². The molecule has 0 fully saturated rings. The first kappa shape index (κ1) is 20.9. The summed E-state index contributed by atoms with van der Waals surface area (Å²) in [5, 5.41) is 15.0. The highest BCUT2D eigenvalue weighted by molar-refractivity contribution is 5.80. The van der Waals surface area contributed by atoms with Crippen molar-refractivity contribution < 1.29 is 4.57 Å². The normalized spacial score (nSPS) is 11.4. The van der Waals surface area contributed by atoms with Gasteiger partial charge in [-0.25, -0.2) is 9.55 Å². The van der Waals surface area contributed by atoms with Crippen molar-refractivity contribution in [2.45, 2.75) is 6.54 Å². The number of nitrogens with zero attached hydrogens (tertiary/aromatic N) is 7. The van der Waals surface area contributed by atoms with E-state index in [4.69, 9.17) is 5.73 Å². The molecule has 2 N–H and O–H groups in total. The highest BCUT2D eigenvalue weighted by Gasteiger charge is 2.11. The Morgan fingerprint density at radius 2 is 1.84 bits per heavy atom. The molecule has 0 saturated heterocycles. The Balaban J connectivity index is 1.50. The van der Waals surface area contributed by atoms with Crippen LogP contribution in [-0.4, -0.2) is 22.8 Å². The molecule has 32 heavy (non-hydrogen) atoms. The van der Waals surface area contributed by atoms with Gasteiger partial charge < -0.3 is 10.3 Å². The molecule has 0 amide bonds. The topological polar surface area (TPSA) is 88.0 Å². The van der Waals surface area contributed by atoms with Crippen molar-refractivity contribution in [3.05, 3.63) is 96.6 Å². The molecule has 2 aromatic carbocycles. The van der Waals surface area contributed by atoms with Gasteiger partial charge in [0.25, 0.3) is 0 Å². The summed E-state index contributed by atoms with van der Waals surface area (Å²) >= 11 is 0. The Hall–Kier alpha value is -4.33. The predicted molar refractivity (Wildman–Crippen MR) is 126 cm³/mol. The summed E-state index contributed by atoms with van der Waals surface area (Å²) in [5.74, 6) is 0.532. The fourth-order valence-corrected chi connectivity index (χ4v) is 3.08. The van der Waals surface area contributed by atoms with Crippen LogP contribution in [0.1, 0.15) is 11.3 Å². The van der Waals surface area contributed by atoms with Crippen LogP contribution >= 0.6 is 0 Å². The molecule has 0 aliphatic carbocycles. The number of anilines is 2. The zero-order chi connectivity index (χ0) is 22.3. The smallest absolute Gasteiger partial charge is 0.249 e. The van der Waals surface area contributed by atoms with Crippen LogP contribution in [0, 0.1) is 0 Å². The molecule has 2 aromatic heterocycles. The van der Waals surface area contributed by atoms with Crippen molar-refractivity contribution in [3.8, 4) is 0 Å². The number of benzene rings is 2. The molecule has 0 saturated carbocycles. The summed E-state index contributed by atoms with van der Waals surface area (Å²) in [6.45, 7) is 0.600. The fourth-order valence-electron chi connectivity index (χ4n) is 3.08. The van der Waals surface area contributed by atoms with Crippen LogP contribution in [0.2, 0.25) is 0 Å². The number of aromatic nitrogens is 3. The summed E-state index contributed by atoms with van der Waals surface area (Å²) in [6, 6.07) is 21.4. The van der Waals surface area contributed by atoms with Gasteiger partial charge in [0.15, 0.2) is 6.20 Å². The van der Waals surface area contributed by atoms with E-state index < -0.39 is 0 Å². The number of azo groups is 1. The molecule has 0 aliphatic rings. The number of rotatable bonds is 7. The average Bonchev–Trinajstić information content (AvgIpc) is 3.26. The summed E-state index contributed by atoms with van der Waals surface area (Å²) in [5.41, 5.74) is 10.2. The van der Waals surface area contributed by atoms with Crippen molar-refractivity contribution in [1.82, 2.24) is 9.55 Å². The average molecular weight is 426 g/mol. The fraction of sp³-hybridized carbons (Fsp3) is 0.125. The molecule has 4 aromatic rings. The van der Waals surface area contributed by atoms with E-state index in [1.165, 1.54) is 0 Å². The van der Waals surface area contributed by atoms with E-state index in [2.05, 4.69) is 30.9 Å². The van der Waals surface area contributed by atoms with Gasteiger partial charge in [-0.15, -0.1) is 10.2 Å². The van der Waals surface area contributed by atoms with Gasteiger partial charge in [0.05, 0.1) is 17.6 Å². The van der Waals surface area contributed by atoms with Gasteiger partial charge in [-0.1, -0.05) is 18.2 Å². The molecule has 8 heteroatoms. The largest absolute Gasteiger partial charge is 0.399 e. The molecule has 2 heterocycles. The van der Waals surface area contributed by atoms with Crippen LogP contribution in [0.4, 0.5) is 23.0 Å². The van der Waals surface area contributed by atoms with Gasteiger partial charge in [0.1, 0.15) is 13.6 Å². The Morgan fingerprint density at radius 3 is 2.62 bits per heavy atom. The van der Waals surface area contributed by atoms with Gasteiger partial charge in [0, 0.05) is 42.8 Å². The van der Waals surface area contributed by atoms with Crippen molar-refractivity contribution in [2.24, 2.45) is 22.4 Å². The highest BCUT2D eigenvalue weighted by atomic mass is 15.4. The third-order valence-electron chi connectivity index (χ3n) is 4.96. The Kier molecular flexibility index (Phi) is 6.31. The summed E-state index contributed by atoms with van der Waals surface area (Å²) < 4.78 is 4.02. The Labute approximate surface area is 187 Å². The number of hydrogen-bond donors (Lipinski definition) is 1. The molecule has 4 rings (SSSR count). The molecule has 160 valence electrons. The number of pyridine rings is 1. The molecule has 0 spiro atoms. The third-order valence-corrected chi connectivity index (χ3v) is 4.96. The lowest BCUT2D eigenvalue weighted by atomic mass is 10.2. The minimum Gasteiger partial charge on any atom is -0.399 e. The first-order valence-corrected chi connectivity index (χ1v) is 10.2. The minimum atomic E-state index is 0.532. The lowest BCUT2D eigenvalue weighted by Crippen LogP contribution is -2.34. The van der Waals surface area contributed by atoms with Crippen LogP contribution in [0.3, 0.4) is 0 Å². The second-order valence-corrected chi connectivity index (χ2v) is 7.31. The van der Waals surface area contributed by atoms with E-state index in [9.17, 15) is 0 Å². The maximum atomic E-state index is 5.72. The number of nitrogen functional groups attached to an aromatic ring is 1. The number of hydrogen-bond acceptors (Lipinski definition) is 6. The van der Waals surface area contributed by atoms with Gasteiger partial charge in [-0.3, -0.25) is 5.01 Å². The standard InChI is InChI=1S/C24H25N8/c1-30-14-12-19(17-27-31(2)22-6-4-3-5-7-22)16-23(30)18-32-15-13-26-24(32)29-28-21-10-8-20(25)9-11-21/h3-17H,18,25H2,1-2H3/q+1. The molecule has 8 nitrogen and oxygen atoms in total. The molecule has 0 bridgehead atoms. The molecule has 0 atom stereocenters. The maximum absolute atomic E-state index is 5.72. The maximum Gasteiger partial charge on any atom is 0.249 e. The van der Waals surface area contributed by atoms with Crippen LogP contribution in [0.15, 0.2) is 101 Å². The van der Waals surface area contributed by atoms with Gasteiger partial charge in [-0.05, 0) is 36.4 Å². The number of aryl methyl sites for hydroxylation is 1. The molecule has 0 unspecified atom stereocenters. The number of para-hydroxylation sites is 1. The Bertz CT molecular complexity index is 1230. The molecular formula is C24H25N8+. The van der Waals surface area contributed by atoms with Crippen LogP contribution in [0.5, 0.6) is 0 Å². The lowest BCUT2D eigenvalue weighted by Gasteiger charge is -2.12. The first-order chi connectivity index (χ1) is 15.6. The van der Waals surface area contributed by atoms with E-state index in [-0.39, 0.29) is 0 Å². The van der Waals surface area contributed by atoms with Crippen LogP contribution in [-0.2, 0) is 13.6 Å². The molecular weight excluding hydrogens is 400 g/mol. The molecule has 0 aliphatic heterocycles. The number of hydrazone groups is 1. The van der Waals surface area contributed by atoms with Gasteiger partial charge >= 0.3 is 0 Å². The zero-order valence-corrected chi connectivity index (χ0v) is 18.1. The summed E-state index contributed by atoms with van der Waals surface area (Å²) in [6.07, 6.45) is 7.48. The number of nitrogens with two attached hydrogens (primary N) is 1. The zero-order valence-electron chi connectivity index (χ0n) is 18.1. The summed E-state index contributed by atoms with van der Waals surface area (Å²) in [7, 11) is 3.94. The second kappa shape index (κ2) is 9.65. The summed E-state index contributed by atoms with van der Waals surface area (Å²) in [4.78, 5) is 4.33. The number of imidazole rings is 1.